The van der Waals surface area contributed by atoms with Gasteiger partial charge in [0.05, 0.1) is 12.1 Å². The lowest BCUT2D eigenvalue weighted by Crippen LogP contribution is -2.20. The van der Waals surface area contributed by atoms with E-state index >= 15 is 0 Å². The number of carbonyl (C=O) groups is 1. The lowest BCUT2D eigenvalue weighted by atomic mass is 10.3. The van der Waals surface area contributed by atoms with Crippen LogP contribution in [0.3, 0.4) is 0 Å². The van der Waals surface area contributed by atoms with Gasteiger partial charge >= 0.3 is 0 Å². The number of aromatic nitrogens is 4. The van der Waals surface area contributed by atoms with Crippen LogP contribution in [-0.2, 0) is 11.2 Å². The van der Waals surface area contributed by atoms with Crippen molar-refractivity contribution < 1.29 is 9.32 Å². The molecule has 0 saturated heterocycles. The monoisotopic (exact) mass is 283 g/mol. The number of likely N-dealkylation sites (N-methyl/N-ethyl adjacent to an activating group) is 1. The summed E-state index contributed by atoms with van der Waals surface area (Å²) in [5, 5.41) is 10.7. The number of nitrogens with zero attached hydrogens (tertiary/aromatic N) is 4. The summed E-state index contributed by atoms with van der Waals surface area (Å²) in [6, 6.07) is 11.5. The molecule has 21 heavy (non-hydrogen) atoms. The van der Waals surface area contributed by atoms with Gasteiger partial charge in [-0.15, -0.1) is 0 Å². The van der Waals surface area contributed by atoms with E-state index < -0.39 is 0 Å². The fourth-order valence-electron chi connectivity index (χ4n) is 1.82. The molecule has 2 heterocycles. The number of nitrogens with one attached hydrogen (secondary N) is 1. The Labute approximate surface area is 120 Å². The molecule has 0 saturated carbocycles. The number of benzene rings is 1. The van der Waals surface area contributed by atoms with Gasteiger partial charge in [0.2, 0.25) is 5.91 Å². The Balaban J connectivity index is 1.82. The van der Waals surface area contributed by atoms with E-state index in [0.29, 0.717) is 17.4 Å². The Morgan fingerprint density at radius 2 is 2.10 bits per heavy atom. The zero-order valence-electron chi connectivity index (χ0n) is 11.4. The van der Waals surface area contributed by atoms with Crippen LogP contribution in [0, 0.1) is 0 Å². The van der Waals surface area contributed by atoms with E-state index in [-0.39, 0.29) is 12.3 Å². The predicted molar refractivity (Wildman–Crippen MR) is 74.6 cm³/mol. The fraction of sp³-hybridized carbons (Fsp3) is 0.143. The van der Waals surface area contributed by atoms with E-state index in [0.717, 1.165) is 5.69 Å². The topological polar surface area (TPSA) is 85.8 Å². The van der Waals surface area contributed by atoms with Crippen LogP contribution in [0.1, 0.15) is 5.82 Å². The average molecular weight is 283 g/mol. The molecule has 0 aliphatic heterocycles. The zero-order valence-corrected chi connectivity index (χ0v) is 11.4. The van der Waals surface area contributed by atoms with Crippen LogP contribution in [0.25, 0.3) is 17.3 Å². The standard InChI is InChI=1S/C14H13N5O2/c1-15-13(20)9-12-16-14(21-18-12)11-7-8-19(17-11)10-5-3-2-4-6-10/h2-8H,9H2,1H3,(H,15,20). The maximum atomic E-state index is 11.3. The van der Waals surface area contributed by atoms with Crippen molar-refractivity contribution in [3.63, 3.8) is 0 Å². The zero-order chi connectivity index (χ0) is 14.7. The minimum Gasteiger partial charge on any atom is -0.359 e. The van der Waals surface area contributed by atoms with E-state index in [1.54, 1.807) is 17.8 Å². The molecule has 2 aromatic heterocycles. The van der Waals surface area contributed by atoms with Crippen LogP contribution in [-0.4, -0.2) is 32.9 Å². The maximum absolute atomic E-state index is 11.3. The molecule has 1 aromatic carbocycles. The van der Waals surface area contributed by atoms with Crippen molar-refractivity contribution in [3.8, 4) is 17.3 Å². The highest BCUT2D eigenvalue weighted by Gasteiger charge is 2.14. The molecule has 3 aromatic rings. The molecule has 3 rings (SSSR count). The summed E-state index contributed by atoms with van der Waals surface area (Å²) >= 11 is 0. The lowest BCUT2D eigenvalue weighted by Gasteiger charge is -1.98. The second kappa shape index (κ2) is 5.58. The van der Waals surface area contributed by atoms with Crippen LogP contribution in [0.2, 0.25) is 0 Å². The molecule has 1 amide bonds. The number of para-hydroxylation sites is 1. The number of rotatable bonds is 4. The summed E-state index contributed by atoms with van der Waals surface area (Å²) in [7, 11) is 1.56. The molecule has 0 unspecified atom stereocenters. The third-order valence-electron chi connectivity index (χ3n) is 2.89. The van der Waals surface area contributed by atoms with Crippen molar-refractivity contribution in [2.75, 3.05) is 7.05 Å². The van der Waals surface area contributed by atoms with Crippen LogP contribution < -0.4 is 5.32 Å². The largest absolute Gasteiger partial charge is 0.359 e. The summed E-state index contributed by atoms with van der Waals surface area (Å²) in [4.78, 5) is 15.4. The van der Waals surface area contributed by atoms with E-state index in [1.807, 2.05) is 36.5 Å². The molecule has 7 heteroatoms. The third kappa shape index (κ3) is 2.81. The SMILES string of the molecule is CNC(=O)Cc1noc(-c2ccn(-c3ccccc3)n2)n1. The van der Waals surface area contributed by atoms with Gasteiger partial charge in [-0.1, -0.05) is 23.4 Å². The van der Waals surface area contributed by atoms with Crippen molar-refractivity contribution in [1.29, 1.82) is 0 Å². The Morgan fingerprint density at radius 3 is 2.86 bits per heavy atom. The van der Waals surface area contributed by atoms with Crippen LogP contribution in [0.4, 0.5) is 0 Å². The van der Waals surface area contributed by atoms with E-state index in [1.165, 1.54) is 0 Å². The summed E-state index contributed by atoms with van der Waals surface area (Å²) < 4.78 is 6.85. The second-order valence-electron chi connectivity index (χ2n) is 4.35. The van der Waals surface area contributed by atoms with Crippen LogP contribution in [0.5, 0.6) is 0 Å². The molecule has 0 fully saturated rings. The Hall–Kier alpha value is -2.96. The van der Waals surface area contributed by atoms with Gasteiger partial charge in [0.25, 0.3) is 5.89 Å². The number of amides is 1. The van der Waals surface area contributed by atoms with Gasteiger partial charge in [-0.3, -0.25) is 4.79 Å². The van der Waals surface area contributed by atoms with Crippen LogP contribution in [0.15, 0.2) is 47.1 Å². The molecular weight excluding hydrogens is 270 g/mol. The summed E-state index contributed by atoms with van der Waals surface area (Å²) in [5.74, 6) is 0.458. The minimum atomic E-state index is -0.169. The summed E-state index contributed by atoms with van der Waals surface area (Å²) in [6.07, 6.45) is 1.90. The van der Waals surface area contributed by atoms with Crippen LogP contribution >= 0.6 is 0 Å². The van der Waals surface area contributed by atoms with Gasteiger partial charge in [0.1, 0.15) is 0 Å². The maximum Gasteiger partial charge on any atom is 0.278 e. The van der Waals surface area contributed by atoms with Crippen molar-refractivity contribution in [3.05, 3.63) is 48.4 Å². The number of hydrogen-bond donors (Lipinski definition) is 1. The highest BCUT2D eigenvalue weighted by molar-refractivity contribution is 5.77. The highest BCUT2D eigenvalue weighted by atomic mass is 16.5. The van der Waals surface area contributed by atoms with E-state index in [2.05, 4.69) is 20.6 Å². The summed E-state index contributed by atoms with van der Waals surface area (Å²) in [6.45, 7) is 0. The quantitative estimate of drug-likeness (QED) is 0.777. The minimum absolute atomic E-state index is 0.0827. The number of hydrogen-bond acceptors (Lipinski definition) is 5. The first-order chi connectivity index (χ1) is 10.3. The first kappa shape index (κ1) is 13.0. The molecule has 1 N–H and O–H groups in total. The molecule has 0 aliphatic rings. The molecule has 0 aliphatic carbocycles. The third-order valence-corrected chi connectivity index (χ3v) is 2.89. The van der Waals surface area contributed by atoms with Gasteiger partial charge < -0.3 is 9.84 Å². The van der Waals surface area contributed by atoms with Gasteiger partial charge in [-0.25, -0.2) is 4.68 Å². The van der Waals surface area contributed by atoms with Gasteiger partial charge in [-0.05, 0) is 18.2 Å². The van der Waals surface area contributed by atoms with Crippen molar-refractivity contribution in [1.82, 2.24) is 25.2 Å². The van der Waals surface area contributed by atoms with Crippen molar-refractivity contribution in [2.24, 2.45) is 0 Å². The molecule has 0 spiro atoms. The van der Waals surface area contributed by atoms with Gasteiger partial charge in [0, 0.05) is 13.2 Å². The Morgan fingerprint density at radius 1 is 1.29 bits per heavy atom. The fourth-order valence-corrected chi connectivity index (χ4v) is 1.82. The van der Waals surface area contributed by atoms with Gasteiger partial charge in [-0.2, -0.15) is 10.1 Å². The van der Waals surface area contributed by atoms with Crippen molar-refractivity contribution in [2.45, 2.75) is 6.42 Å². The Kier molecular flexibility index (Phi) is 3.46. The molecule has 7 nitrogen and oxygen atoms in total. The van der Waals surface area contributed by atoms with E-state index in [4.69, 9.17) is 4.52 Å². The Bertz CT molecular complexity index is 748. The molecular formula is C14H13N5O2. The predicted octanol–water partition coefficient (Wildman–Crippen LogP) is 1.21. The average Bonchev–Trinajstić information content (AvgIpc) is 3.17. The van der Waals surface area contributed by atoms with E-state index in [9.17, 15) is 4.79 Å². The molecule has 0 radical (unpaired) electrons. The molecule has 106 valence electrons. The normalized spacial score (nSPS) is 10.5. The molecule has 0 bridgehead atoms. The molecule has 0 atom stereocenters. The smallest absolute Gasteiger partial charge is 0.278 e. The first-order valence-corrected chi connectivity index (χ1v) is 6.41. The first-order valence-electron chi connectivity index (χ1n) is 6.41. The highest BCUT2D eigenvalue weighted by Crippen LogP contribution is 2.16. The second-order valence-corrected chi connectivity index (χ2v) is 4.35. The van der Waals surface area contributed by atoms with Gasteiger partial charge in [0.15, 0.2) is 11.5 Å². The summed E-state index contributed by atoms with van der Waals surface area (Å²) in [5.41, 5.74) is 1.50. The number of carbonyl (C=O) groups excluding carboxylic acids is 1. The lowest BCUT2D eigenvalue weighted by molar-refractivity contribution is -0.120. The van der Waals surface area contributed by atoms with Crippen molar-refractivity contribution >= 4 is 5.91 Å².